The molecule has 0 bridgehead atoms. The van der Waals surface area contributed by atoms with E-state index in [9.17, 15) is 9.59 Å². The lowest BCUT2D eigenvalue weighted by Gasteiger charge is -2.15. The minimum atomic E-state index is -0.500. The second-order valence-electron chi connectivity index (χ2n) is 5.74. The molecule has 2 amide bonds. The predicted molar refractivity (Wildman–Crippen MR) is 95.9 cm³/mol. The van der Waals surface area contributed by atoms with Gasteiger partial charge in [0.25, 0.3) is 0 Å². The number of rotatable bonds is 5. The zero-order chi connectivity index (χ0) is 18.0. The van der Waals surface area contributed by atoms with Gasteiger partial charge in [-0.2, -0.15) is 0 Å². The summed E-state index contributed by atoms with van der Waals surface area (Å²) in [5.74, 6) is 0.262. The molecule has 1 aliphatic rings. The highest BCUT2D eigenvalue weighted by atomic mass is 32.2. The first-order valence-corrected chi connectivity index (χ1v) is 8.94. The van der Waals surface area contributed by atoms with Crippen LogP contribution >= 0.6 is 11.8 Å². The fraction of sp³-hybridized carbons (Fsp3) is 0.333. The number of carbonyl (C=O) groups excluding carboxylic acids is 2. The van der Waals surface area contributed by atoms with Crippen LogP contribution in [0.1, 0.15) is 24.7 Å². The number of amides is 2. The Labute approximate surface area is 150 Å². The van der Waals surface area contributed by atoms with Crippen molar-refractivity contribution in [2.24, 2.45) is 0 Å². The third kappa shape index (κ3) is 3.82. The lowest BCUT2D eigenvalue weighted by atomic mass is 10.3. The van der Waals surface area contributed by atoms with E-state index >= 15 is 0 Å². The summed E-state index contributed by atoms with van der Waals surface area (Å²) in [7, 11) is 0. The summed E-state index contributed by atoms with van der Waals surface area (Å²) < 4.78 is 5.39. The Morgan fingerprint density at radius 2 is 1.80 bits per heavy atom. The molecule has 1 atom stereocenters. The van der Waals surface area contributed by atoms with Gasteiger partial charge >= 0.3 is 0 Å². The van der Waals surface area contributed by atoms with Gasteiger partial charge in [-0.15, -0.1) is 0 Å². The minimum Gasteiger partial charge on any atom is -0.494 e. The van der Waals surface area contributed by atoms with Crippen LogP contribution in [0.25, 0.3) is 0 Å². The van der Waals surface area contributed by atoms with Crippen molar-refractivity contribution in [1.29, 1.82) is 0 Å². The lowest BCUT2D eigenvalue weighted by Crippen LogP contribution is -2.31. The molecule has 0 unspecified atom stereocenters. The van der Waals surface area contributed by atoms with Crippen molar-refractivity contribution in [3.05, 3.63) is 41.7 Å². The van der Waals surface area contributed by atoms with Gasteiger partial charge in [-0.3, -0.25) is 9.59 Å². The lowest BCUT2D eigenvalue weighted by molar-refractivity contribution is -0.121. The molecule has 7 heteroatoms. The number of hydrogen-bond donors (Lipinski definition) is 0. The maximum Gasteiger partial charge on any atom is 0.247 e. The monoisotopic (exact) mass is 357 g/mol. The molecule has 2 aromatic rings. The molecular formula is C18H19N3O3S. The highest BCUT2D eigenvalue weighted by Crippen LogP contribution is 2.33. The smallest absolute Gasteiger partial charge is 0.247 e. The van der Waals surface area contributed by atoms with Gasteiger partial charge in [0.05, 0.1) is 12.3 Å². The maximum absolute atomic E-state index is 12.7. The summed E-state index contributed by atoms with van der Waals surface area (Å²) in [5, 5.41) is 0.0254. The average Bonchev–Trinajstić information content (AvgIpc) is 2.82. The summed E-state index contributed by atoms with van der Waals surface area (Å²) in [6, 6.07) is 8.83. The SMILES string of the molecule is CCOc1ccc(N2C(=O)C[C@@H](Sc3nc(C)cc(C)n3)C2=O)cc1. The van der Waals surface area contributed by atoms with E-state index in [1.54, 1.807) is 24.3 Å². The fourth-order valence-corrected chi connectivity index (χ4v) is 3.78. The van der Waals surface area contributed by atoms with E-state index in [0.29, 0.717) is 23.2 Å². The van der Waals surface area contributed by atoms with Crippen LogP contribution in [0, 0.1) is 13.8 Å². The molecule has 3 rings (SSSR count). The van der Waals surface area contributed by atoms with E-state index in [1.807, 2.05) is 26.8 Å². The zero-order valence-corrected chi connectivity index (χ0v) is 15.2. The molecule has 1 aromatic heterocycles. The molecule has 6 nitrogen and oxygen atoms in total. The number of nitrogens with zero attached hydrogens (tertiary/aromatic N) is 3. The molecule has 0 N–H and O–H groups in total. The number of carbonyl (C=O) groups is 2. The van der Waals surface area contributed by atoms with Gasteiger partial charge in [0.1, 0.15) is 11.0 Å². The standard InChI is InChI=1S/C18H19N3O3S/c1-4-24-14-7-5-13(6-8-14)21-16(22)10-15(17(21)23)25-18-19-11(2)9-12(3)20-18/h5-9,15H,4,10H2,1-3H3/t15-/m1/s1. The predicted octanol–water partition coefficient (Wildman–Crippen LogP) is 2.92. The highest BCUT2D eigenvalue weighted by molar-refractivity contribution is 8.00. The van der Waals surface area contributed by atoms with Gasteiger partial charge in [-0.05, 0) is 51.1 Å². The molecule has 0 radical (unpaired) electrons. The average molecular weight is 357 g/mol. The number of hydrogen-bond acceptors (Lipinski definition) is 6. The molecule has 0 aliphatic carbocycles. The summed E-state index contributed by atoms with van der Waals surface area (Å²) >= 11 is 1.24. The van der Waals surface area contributed by atoms with Gasteiger partial charge < -0.3 is 4.74 Å². The number of aryl methyl sites for hydroxylation is 2. The van der Waals surface area contributed by atoms with Crippen LogP contribution in [0.3, 0.4) is 0 Å². The number of anilines is 1. The van der Waals surface area contributed by atoms with Gasteiger partial charge in [-0.25, -0.2) is 14.9 Å². The zero-order valence-electron chi connectivity index (χ0n) is 14.4. The molecular weight excluding hydrogens is 338 g/mol. The van der Waals surface area contributed by atoms with Crippen LogP contribution in [-0.2, 0) is 9.59 Å². The summed E-state index contributed by atoms with van der Waals surface area (Å²) in [5.41, 5.74) is 2.24. The van der Waals surface area contributed by atoms with Crippen molar-refractivity contribution in [1.82, 2.24) is 9.97 Å². The van der Waals surface area contributed by atoms with Crippen molar-refractivity contribution in [2.75, 3.05) is 11.5 Å². The maximum atomic E-state index is 12.7. The van der Waals surface area contributed by atoms with Gasteiger partial charge in [0.15, 0.2) is 5.16 Å². The molecule has 130 valence electrons. The topological polar surface area (TPSA) is 72.4 Å². The Bertz CT molecular complexity index is 787. The summed E-state index contributed by atoms with van der Waals surface area (Å²) in [6.07, 6.45) is 0.146. The summed E-state index contributed by atoms with van der Waals surface area (Å²) in [6.45, 7) is 6.23. The van der Waals surface area contributed by atoms with Gasteiger partial charge in [0.2, 0.25) is 11.8 Å². The molecule has 1 saturated heterocycles. The van der Waals surface area contributed by atoms with E-state index in [2.05, 4.69) is 9.97 Å². The Balaban J connectivity index is 1.77. The Hall–Kier alpha value is -2.41. The largest absolute Gasteiger partial charge is 0.494 e. The Kier molecular flexibility index (Phi) is 5.03. The fourth-order valence-electron chi connectivity index (χ4n) is 2.70. The van der Waals surface area contributed by atoms with E-state index in [0.717, 1.165) is 11.4 Å². The Morgan fingerprint density at radius 3 is 2.40 bits per heavy atom. The highest BCUT2D eigenvalue weighted by Gasteiger charge is 2.40. The van der Waals surface area contributed by atoms with Crippen LogP contribution in [-0.4, -0.2) is 33.6 Å². The third-order valence-corrected chi connectivity index (χ3v) is 4.77. The number of ether oxygens (including phenoxy) is 1. The molecule has 1 aromatic carbocycles. The van der Waals surface area contributed by atoms with Gasteiger partial charge in [0, 0.05) is 17.8 Å². The number of thioether (sulfide) groups is 1. The van der Waals surface area contributed by atoms with E-state index in [4.69, 9.17) is 4.74 Å². The van der Waals surface area contributed by atoms with Crippen LogP contribution in [0.4, 0.5) is 5.69 Å². The van der Waals surface area contributed by atoms with Crippen molar-refractivity contribution < 1.29 is 14.3 Å². The molecule has 1 aliphatic heterocycles. The Morgan fingerprint density at radius 1 is 1.16 bits per heavy atom. The summed E-state index contributed by atoms with van der Waals surface area (Å²) in [4.78, 5) is 35.0. The van der Waals surface area contributed by atoms with Gasteiger partial charge in [-0.1, -0.05) is 11.8 Å². The quantitative estimate of drug-likeness (QED) is 0.605. The van der Waals surface area contributed by atoms with Crippen molar-refractivity contribution in [3.63, 3.8) is 0 Å². The van der Waals surface area contributed by atoms with Crippen LogP contribution in [0.5, 0.6) is 5.75 Å². The third-order valence-electron chi connectivity index (χ3n) is 3.72. The first-order chi connectivity index (χ1) is 12.0. The van der Waals surface area contributed by atoms with E-state index in [-0.39, 0.29) is 18.2 Å². The first-order valence-electron chi connectivity index (χ1n) is 8.06. The molecule has 0 saturated carbocycles. The molecule has 2 heterocycles. The van der Waals surface area contributed by atoms with Crippen LogP contribution in [0.15, 0.2) is 35.5 Å². The van der Waals surface area contributed by atoms with Crippen molar-refractivity contribution >= 4 is 29.3 Å². The van der Waals surface area contributed by atoms with Crippen molar-refractivity contribution in [3.8, 4) is 5.75 Å². The molecule has 1 fully saturated rings. The van der Waals surface area contributed by atoms with Crippen LogP contribution < -0.4 is 9.64 Å². The number of imide groups is 1. The van der Waals surface area contributed by atoms with Crippen LogP contribution in [0.2, 0.25) is 0 Å². The van der Waals surface area contributed by atoms with E-state index < -0.39 is 5.25 Å². The first kappa shape index (κ1) is 17.4. The van der Waals surface area contributed by atoms with Crippen molar-refractivity contribution in [2.45, 2.75) is 37.6 Å². The number of benzene rings is 1. The van der Waals surface area contributed by atoms with E-state index in [1.165, 1.54) is 16.7 Å². The second-order valence-corrected chi connectivity index (χ2v) is 6.91. The number of aromatic nitrogens is 2. The molecule has 0 spiro atoms. The second kappa shape index (κ2) is 7.23. The molecule has 25 heavy (non-hydrogen) atoms. The normalized spacial score (nSPS) is 17.2. The minimum absolute atomic E-state index is 0.146.